The van der Waals surface area contributed by atoms with Crippen molar-refractivity contribution in [3.63, 3.8) is 0 Å². The Bertz CT molecular complexity index is 698. The largest absolute Gasteiger partial charge is 0.416 e. The standard InChI is InChI=1S/C18H22F3N3/c1-23-8-6-13(7-9-23)10-17-22-16(12-24(17)2)14-4-3-5-15(11-14)18(19,20)21/h3-5,11-13H,6-10H2,1-2H3. The quantitative estimate of drug-likeness (QED) is 0.844. The number of imidazole rings is 1. The molecule has 0 saturated carbocycles. The lowest BCUT2D eigenvalue weighted by Gasteiger charge is -2.28. The summed E-state index contributed by atoms with van der Waals surface area (Å²) in [4.78, 5) is 6.92. The molecule has 3 rings (SSSR count). The highest BCUT2D eigenvalue weighted by Crippen LogP contribution is 2.32. The molecule has 3 nitrogen and oxygen atoms in total. The molecule has 1 aromatic heterocycles. The Morgan fingerprint density at radius 1 is 1.17 bits per heavy atom. The highest BCUT2D eigenvalue weighted by Gasteiger charge is 2.30. The van der Waals surface area contributed by atoms with Gasteiger partial charge in [0.2, 0.25) is 0 Å². The second-order valence-corrected chi connectivity index (χ2v) is 6.68. The van der Waals surface area contributed by atoms with Crippen LogP contribution in [0.1, 0.15) is 24.2 Å². The van der Waals surface area contributed by atoms with Gasteiger partial charge in [0.25, 0.3) is 0 Å². The van der Waals surface area contributed by atoms with Crippen LogP contribution in [-0.2, 0) is 19.6 Å². The molecule has 1 saturated heterocycles. The van der Waals surface area contributed by atoms with Crippen molar-refractivity contribution in [2.45, 2.75) is 25.4 Å². The van der Waals surface area contributed by atoms with Gasteiger partial charge in [0.05, 0.1) is 11.3 Å². The third-order valence-electron chi connectivity index (χ3n) is 4.77. The topological polar surface area (TPSA) is 21.1 Å². The Morgan fingerprint density at radius 2 is 1.88 bits per heavy atom. The van der Waals surface area contributed by atoms with E-state index in [2.05, 4.69) is 16.9 Å². The van der Waals surface area contributed by atoms with E-state index in [9.17, 15) is 13.2 Å². The van der Waals surface area contributed by atoms with E-state index in [1.807, 2.05) is 17.8 Å². The van der Waals surface area contributed by atoms with Crippen LogP contribution in [-0.4, -0.2) is 34.6 Å². The van der Waals surface area contributed by atoms with Gasteiger partial charge < -0.3 is 9.47 Å². The zero-order valence-electron chi connectivity index (χ0n) is 14.0. The van der Waals surface area contributed by atoms with Crippen LogP contribution < -0.4 is 0 Å². The van der Waals surface area contributed by atoms with Crippen molar-refractivity contribution in [3.05, 3.63) is 41.9 Å². The van der Waals surface area contributed by atoms with Crippen LogP contribution >= 0.6 is 0 Å². The third-order valence-corrected chi connectivity index (χ3v) is 4.77. The van der Waals surface area contributed by atoms with Crippen molar-refractivity contribution in [1.29, 1.82) is 0 Å². The maximum atomic E-state index is 12.9. The van der Waals surface area contributed by atoms with Crippen LogP contribution in [0.25, 0.3) is 11.3 Å². The van der Waals surface area contributed by atoms with Gasteiger partial charge in [-0.25, -0.2) is 4.98 Å². The van der Waals surface area contributed by atoms with Gasteiger partial charge in [-0.3, -0.25) is 0 Å². The first kappa shape index (κ1) is 17.0. The minimum atomic E-state index is -4.33. The molecule has 1 fully saturated rings. The number of halogens is 3. The van der Waals surface area contributed by atoms with Gasteiger partial charge in [-0.1, -0.05) is 12.1 Å². The van der Waals surface area contributed by atoms with E-state index in [0.29, 0.717) is 17.2 Å². The van der Waals surface area contributed by atoms with Gasteiger partial charge in [-0.05, 0) is 51.0 Å². The molecule has 0 N–H and O–H groups in total. The van der Waals surface area contributed by atoms with E-state index in [4.69, 9.17) is 0 Å². The summed E-state index contributed by atoms with van der Waals surface area (Å²) in [6, 6.07) is 5.37. The molecule has 1 aromatic carbocycles. The molecule has 1 aliphatic heterocycles. The zero-order valence-corrected chi connectivity index (χ0v) is 14.0. The van der Waals surface area contributed by atoms with Crippen molar-refractivity contribution in [2.24, 2.45) is 13.0 Å². The van der Waals surface area contributed by atoms with Crippen molar-refractivity contribution in [3.8, 4) is 11.3 Å². The molecule has 6 heteroatoms. The lowest BCUT2D eigenvalue weighted by Crippen LogP contribution is -2.31. The number of alkyl halides is 3. The Balaban J connectivity index is 1.79. The summed E-state index contributed by atoms with van der Waals surface area (Å²) in [5.74, 6) is 1.54. The molecule has 0 atom stereocenters. The first-order chi connectivity index (χ1) is 11.3. The summed E-state index contributed by atoms with van der Waals surface area (Å²) < 4.78 is 40.6. The molecule has 0 aliphatic carbocycles. The highest BCUT2D eigenvalue weighted by atomic mass is 19.4. The first-order valence-electron chi connectivity index (χ1n) is 8.21. The van der Waals surface area contributed by atoms with Crippen LogP contribution in [0.5, 0.6) is 0 Å². The molecule has 2 heterocycles. The van der Waals surface area contributed by atoms with E-state index in [0.717, 1.165) is 44.2 Å². The van der Waals surface area contributed by atoms with Gasteiger partial charge in [0.15, 0.2) is 0 Å². The van der Waals surface area contributed by atoms with E-state index in [1.54, 1.807) is 6.07 Å². The van der Waals surface area contributed by atoms with Crippen molar-refractivity contribution in [1.82, 2.24) is 14.5 Å². The fraction of sp³-hybridized carbons (Fsp3) is 0.500. The molecular formula is C18H22F3N3. The predicted molar refractivity (Wildman–Crippen MR) is 87.6 cm³/mol. The minimum absolute atomic E-state index is 0.509. The van der Waals surface area contributed by atoms with Crippen molar-refractivity contribution < 1.29 is 13.2 Å². The summed E-state index contributed by atoms with van der Waals surface area (Å²) in [7, 11) is 4.04. The Hall–Kier alpha value is -1.82. The monoisotopic (exact) mass is 337 g/mol. The predicted octanol–water partition coefficient (Wildman–Crippen LogP) is 3.99. The fourth-order valence-corrected chi connectivity index (χ4v) is 3.21. The molecular weight excluding hydrogens is 315 g/mol. The van der Waals surface area contributed by atoms with Crippen LogP contribution in [0.15, 0.2) is 30.5 Å². The van der Waals surface area contributed by atoms with Crippen molar-refractivity contribution >= 4 is 0 Å². The second-order valence-electron chi connectivity index (χ2n) is 6.68. The van der Waals surface area contributed by atoms with E-state index >= 15 is 0 Å². The molecule has 2 aromatic rings. The van der Waals surface area contributed by atoms with Gasteiger partial charge in [0.1, 0.15) is 5.82 Å². The number of hydrogen-bond donors (Lipinski definition) is 0. The van der Waals surface area contributed by atoms with E-state index < -0.39 is 11.7 Å². The van der Waals surface area contributed by atoms with E-state index in [1.165, 1.54) is 12.1 Å². The Labute approximate surface area is 140 Å². The van der Waals surface area contributed by atoms with Crippen LogP contribution in [0.2, 0.25) is 0 Å². The van der Waals surface area contributed by atoms with Crippen LogP contribution in [0, 0.1) is 5.92 Å². The fourth-order valence-electron chi connectivity index (χ4n) is 3.21. The molecule has 1 aliphatic rings. The lowest BCUT2D eigenvalue weighted by molar-refractivity contribution is -0.137. The number of benzene rings is 1. The van der Waals surface area contributed by atoms with Crippen LogP contribution in [0.4, 0.5) is 13.2 Å². The first-order valence-corrected chi connectivity index (χ1v) is 8.21. The lowest BCUT2D eigenvalue weighted by atomic mass is 9.93. The van der Waals surface area contributed by atoms with Gasteiger partial charge >= 0.3 is 6.18 Å². The van der Waals surface area contributed by atoms with Crippen LogP contribution in [0.3, 0.4) is 0 Å². The Morgan fingerprint density at radius 3 is 2.54 bits per heavy atom. The average Bonchev–Trinajstić information content (AvgIpc) is 2.90. The average molecular weight is 337 g/mol. The molecule has 0 bridgehead atoms. The SMILES string of the molecule is CN1CCC(Cc2nc(-c3cccc(C(F)(F)F)c3)cn2C)CC1. The molecule has 0 spiro atoms. The molecule has 130 valence electrons. The third kappa shape index (κ3) is 3.80. The smallest absolute Gasteiger partial charge is 0.337 e. The van der Waals surface area contributed by atoms with Gasteiger partial charge in [0, 0.05) is 25.2 Å². The number of piperidine rings is 1. The number of nitrogens with zero attached hydrogens (tertiary/aromatic N) is 3. The number of likely N-dealkylation sites (tertiary alicyclic amines) is 1. The Kier molecular flexibility index (Phi) is 4.67. The van der Waals surface area contributed by atoms with Gasteiger partial charge in [-0.15, -0.1) is 0 Å². The second kappa shape index (κ2) is 6.59. The summed E-state index contributed by atoms with van der Waals surface area (Å²) in [6.45, 7) is 2.19. The maximum Gasteiger partial charge on any atom is 0.416 e. The summed E-state index contributed by atoms with van der Waals surface area (Å²) >= 11 is 0. The van der Waals surface area contributed by atoms with E-state index in [-0.39, 0.29) is 0 Å². The number of aromatic nitrogens is 2. The van der Waals surface area contributed by atoms with Gasteiger partial charge in [-0.2, -0.15) is 13.2 Å². The minimum Gasteiger partial charge on any atom is -0.337 e. The summed E-state index contributed by atoms with van der Waals surface area (Å²) in [5.41, 5.74) is 0.476. The molecule has 0 radical (unpaired) electrons. The molecule has 0 unspecified atom stereocenters. The molecule has 24 heavy (non-hydrogen) atoms. The molecule has 0 amide bonds. The normalized spacial score (nSPS) is 17.4. The van der Waals surface area contributed by atoms with Crippen molar-refractivity contribution in [2.75, 3.05) is 20.1 Å². The number of rotatable bonds is 3. The summed E-state index contributed by atoms with van der Waals surface area (Å²) in [5, 5.41) is 0. The summed E-state index contributed by atoms with van der Waals surface area (Å²) in [6.07, 6.45) is 0.648. The maximum absolute atomic E-state index is 12.9. The number of aryl methyl sites for hydroxylation is 1. The zero-order chi connectivity index (χ0) is 17.3. The highest BCUT2D eigenvalue weighted by molar-refractivity contribution is 5.60. The number of hydrogen-bond acceptors (Lipinski definition) is 2.